The van der Waals surface area contributed by atoms with Crippen LogP contribution in [0.15, 0.2) is 12.1 Å². The van der Waals surface area contributed by atoms with Gasteiger partial charge in [0.1, 0.15) is 5.54 Å². The fourth-order valence-electron chi connectivity index (χ4n) is 5.72. The number of thiophene rings is 1. The Kier molecular flexibility index (Phi) is 5.52. The van der Waals surface area contributed by atoms with Gasteiger partial charge in [0.25, 0.3) is 0 Å². The van der Waals surface area contributed by atoms with Crippen LogP contribution in [-0.4, -0.2) is 38.9 Å². The Bertz CT molecular complexity index is 873. The minimum atomic E-state index is -1.44. The van der Waals surface area contributed by atoms with Crippen LogP contribution in [0, 0.1) is 17.8 Å². The zero-order chi connectivity index (χ0) is 21.8. The van der Waals surface area contributed by atoms with Gasteiger partial charge in [0.15, 0.2) is 0 Å². The Balaban J connectivity index is 1.80. The molecule has 1 aromatic heterocycles. The molecule has 2 saturated heterocycles. The number of fused-ring (bicyclic) bond motifs is 1. The summed E-state index contributed by atoms with van der Waals surface area (Å²) in [5, 5.41) is 13.7. The third-order valence-electron chi connectivity index (χ3n) is 6.94. The van der Waals surface area contributed by atoms with E-state index >= 15 is 0 Å². The second-order valence-corrected chi connectivity index (χ2v) is 11.7. The molecule has 1 saturated carbocycles. The number of likely N-dealkylation sites (tertiary alicyclic amines) is 1. The van der Waals surface area contributed by atoms with Gasteiger partial charge in [0, 0.05) is 10.4 Å². The molecule has 30 heavy (non-hydrogen) atoms. The van der Waals surface area contributed by atoms with Crippen molar-refractivity contribution < 1.29 is 19.5 Å². The van der Waals surface area contributed by atoms with Crippen LogP contribution < -0.4 is 5.32 Å². The molecule has 4 rings (SSSR count). The van der Waals surface area contributed by atoms with E-state index < -0.39 is 34.9 Å². The van der Waals surface area contributed by atoms with E-state index in [2.05, 4.69) is 5.32 Å². The number of carboxylic acids is 1. The highest BCUT2D eigenvalue weighted by molar-refractivity contribution is 7.16. The first kappa shape index (κ1) is 21.8. The topological polar surface area (TPSA) is 86.7 Å². The van der Waals surface area contributed by atoms with Crippen molar-refractivity contribution in [3.05, 3.63) is 21.3 Å². The number of carbonyl (C=O) groups is 3. The maximum absolute atomic E-state index is 13.6. The second kappa shape index (κ2) is 7.61. The molecular weight excluding hydrogens is 424 g/mol. The molecule has 1 aliphatic carbocycles. The molecule has 3 fully saturated rings. The number of hydrogen-bond donors (Lipinski definition) is 2. The highest BCUT2D eigenvalue weighted by atomic mass is 35.5. The van der Waals surface area contributed by atoms with Crippen LogP contribution in [0.4, 0.5) is 0 Å². The summed E-state index contributed by atoms with van der Waals surface area (Å²) >= 11 is 7.48. The van der Waals surface area contributed by atoms with Crippen LogP contribution in [0.2, 0.25) is 4.34 Å². The van der Waals surface area contributed by atoms with Gasteiger partial charge < -0.3 is 5.11 Å². The number of hydrogen-bond acceptors (Lipinski definition) is 5. The molecule has 164 valence electrons. The Labute approximate surface area is 186 Å². The highest BCUT2D eigenvalue weighted by Crippen LogP contribution is 2.54. The molecule has 3 heterocycles. The van der Waals surface area contributed by atoms with Gasteiger partial charge in [-0.05, 0) is 45.2 Å². The molecule has 6 nitrogen and oxygen atoms in total. The number of aliphatic carboxylic acids is 1. The molecule has 2 amide bonds. The molecular formula is C22H29ClN2O4S. The van der Waals surface area contributed by atoms with Crippen molar-refractivity contribution in [2.75, 3.05) is 0 Å². The van der Waals surface area contributed by atoms with E-state index in [1.807, 2.05) is 26.8 Å². The van der Waals surface area contributed by atoms with E-state index in [-0.39, 0.29) is 17.7 Å². The molecule has 3 aliphatic rings. The van der Waals surface area contributed by atoms with Crippen molar-refractivity contribution in [1.82, 2.24) is 10.2 Å². The Morgan fingerprint density at radius 1 is 1.23 bits per heavy atom. The van der Waals surface area contributed by atoms with E-state index in [0.29, 0.717) is 10.8 Å². The Hall–Kier alpha value is -1.44. The maximum atomic E-state index is 13.6. The average molecular weight is 453 g/mol. The minimum absolute atomic E-state index is 0.236. The van der Waals surface area contributed by atoms with Crippen LogP contribution in [-0.2, 0) is 14.4 Å². The number of carboxylic acid groups (broad SMARTS) is 1. The summed E-state index contributed by atoms with van der Waals surface area (Å²) in [7, 11) is 0. The minimum Gasteiger partial charge on any atom is -0.480 e. The lowest BCUT2D eigenvalue weighted by Gasteiger charge is -2.37. The summed E-state index contributed by atoms with van der Waals surface area (Å²) < 4.78 is 0.577. The smallest absolute Gasteiger partial charge is 0.324 e. The van der Waals surface area contributed by atoms with Crippen molar-refractivity contribution in [2.45, 2.75) is 76.4 Å². The largest absolute Gasteiger partial charge is 0.480 e. The number of amides is 2. The maximum Gasteiger partial charge on any atom is 0.324 e. The van der Waals surface area contributed by atoms with Crippen LogP contribution in [0.5, 0.6) is 0 Å². The monoisotopic (exact) mass is 452 g/mol. The van der Waals surface area contributed by atoms with E-state index in [1.54, 1.807) is 6.07 Å². The fourth-order valence-corrected chi connectivity index (χ4v) is 6.88. The third-order valence-corrected chi connectivity index (χ3v) is 8.26. The molecule has 4 atom stereocenters. The molecule has 2 N–H and O–H groups in total. The summed E-state index contributed by atoms with van der Waals surface area (Å²) in [6.07, 6.45) is 5.64. The van der Waals surface area contributed by atoms with Crippen molar-refractivity contribution in [2.24, 2.45) is 17.8 Å². The predicted octanol–water partition coefficient (Wildman–Crippen LogP) is 4.24. The van der Waals surface area contributed by atoms with Gasteiger partial charge in [-0.3, -0.25) is 24.6 Å². The van der Waals surface area contributed by atoms with Crippen LogP contribution in [0.3, 0.4) is 0 Å². The second-order valence-electron chi connectivity index (χ2n) is 9.93. The van der Waals surface area contributed by atoms with Gasteiger partial charge >= 0.3 is 5.97 Å². The first-order valence-corrected chi connectivity index (χ1v) is 11.9. The number of nitrogens with one attached hydrogen (secondary N) is 1. The molecule has 0 bridgehead atoms. The van der Waals surface area contributed by atoms with Crippen LogP contribution in [0.25, 0.3) is 0 Å². The van der Waals surface area contributed by atoms with Crippen molar-refractivity contribution in [1.29, 1.82) is 0 Å². The lowest BCUT2D eigenvalue weighted by atomic mass is 9.72. The number of imide groups is 1. The first-order valence-electron chi connectivity index (χ1n) is 10.7. The normalized spacial score (nSPS) is 32.7. The molecule has 0 spiro atoms. The van der Waals surface area contributed by atoms with Gasteiger partial charge in [-0.1, -0.05) is 43.7 Å². The standard InChI is InChI=1S/C22H29ClN2O4S/c1-21(2,3)25-18(26)15-16(19(25)27)22(20(28)29,11-12-7-5-4-6-8-12)24-17(15)13-9-10-14(23)30-13/h9-10,12,15-17,24H,4-8,11H2,1-3H3,(H,28,29). The van der Waals surface area contributed by atoms with Crippen LogP contribution >= 0.6 is 22.9 Å². The first-order chi connectivity index (χ1) is 14.1. The van der Waals surface area contributed by atoms with Gasteiger partial charge in [-0.25, -0.2) is 0 Å². The number of rotatable bonds is 4. The summed E-state index contributed by atoms with van der Waals surface area (Å²) in [6, 6.07) is 3.05. The molecule has 0 radical (unpaired) electrons. The third kappa shape index (κ3) is 3.39. The molecule has 8 heteroatoms. The zero-order valence-corrected chi connectivity index (χ0v) is 19.2. The van der Waals surface area contributed by atoms with Crippen LogP contribution in [0.1, 0.15) is 70.2 Å². The van der Waals surface area contributed by atoms with E-state index in [1.165, 1.54) is 22.7 Å². The predicted molar refractivity (Wildman–Crippen MR) is 115 cm³/mol. The number of halogens is 1. The van der Waals surface area contributed by atoms with Crippen molar-refractivity contribution >= 4 is 40.7 Å². The Morgan fingerprint density at radius 3 is 2.43 bits per heavy atom. The molecule has 1 aromatic rings. The lowest BCUT2D eigenvalue weighted by molar-refractivity contribution is -0.154. The molecule has 0 aromatic carbocycles. The van der Waals surface area contributed by atoms with Crippen molar-refractivity contribution in [3.8, 4) is 0 Å². The zero-order valence-electron chi connectivity index (χ0n) is 17.6. The van der Waals surface area contributed by atoms with Gasteiger partial charge in [0.05, 0.1) is 22.2 Å². The van der Waals surface area contributed by atoms with Gasteiger partial charge in [0.2, 0.25) is 11.8 Å². The van der Waals surface area contributed by atoms with E-state index in [9.17, 15) is 19.5 Å². The SMILES string of the molecule is CC(C)(C)N1C(=O)C2C(c3ccc(Cl)s3)NC(CC3CCCCC3)(C(=O)O)C2C1=O. The average Bonchev–Trinajstić information content (AvgIpc) is 3.30. The Morgan fingerprint density at radius 2 is 1.90 bits per heavy atom. The number of nitrogens with zero attached hydrogens (tertiary/aromatic N) is 1. The summed E-state index contributed by atoms with van der Waals surface area (Å²) in [5.41, 5.74) is -2.15. The van der Waals surface area contributed by atoms with Gasteiger partial charge in [-0.2, -0.15) is 0 Å². The summed E-state index contributed by atoms with van der Waals surface area (Å²) in [5.74, 6) is -3.09. The van der Waals surface area contributed by atoms with Crippen molar-refractivity contribution in [3.63, 3.8) is 0 Å². The fraction of sp³-hybridized carbons (Fsp3) is 0.682. The summed E-state index contributed by atoms with van der Waals surface area (Å²) in [6.45, 7) is 5.45. The lowest BCUT2D eigenvalue weighted by Crippen LogP contribution is -2.58. The molecule has 4 unspecified atom stereocenters. The quantitative estimate of drug-likeness (QED) is 0.667. The number of carbonyl (C=O) groups excluding carboxylic acids is 2. The molecule has 2 aliphatic heterocycles. The van der Waals surface area contributed by atoms with Gasteiger partial charge in [-0.15, -0.1) is 11.3 Å². The summed E-state index contributed by atoms with van der Waals surface area (Å²) in [4.78, 5) is 41.9. The van der Waals surface area contributed by atoms with E-state index in [4.69, 9.17) is 11.6 Å². The van der Waals surface area contributed by atoms with E-state index in [0.717, 1.165) is 30.6 Å². The highest BCUT2D eigenvalue weighted by Gasteiger charge is 2.69.